The molecular formula is C15H13FN2OS. The highest BCUT2D eigenvalue weighted by molar-refractivity contribution is 7.80. The summed E-state index contributed by atoms with van der Waals surface area (Å²) in [6.07, 6.45) is 0. The minimum atomic E-state index is -0.442. The molecule has 0 aliphatic heterocycles. The predicted octanol–water partition coefficient (Wildman–Crippen LogP) is 2.74. The topological polar surface area (TPSA) is 46.3 Å². The number of rotatable bonds is 3. The molecule has 1 amide bonds. The fraction of sp³-hybridized carbons (Fsp3) is 0.0667. The molecule has 0 aromatic heterocycles. The van der Waals surface area contributed by atoms with Crippen LogP contribution >= 0.6 is 12.2 Å². The minimum absolute atomic E-state index is 0.232. The number of hydrogen-bond donors (Lipinski definition) is 1. The monoisotopic (exact) mass is 288 g/mol. The molecule has 0 saturated heterocycles. The van der Waals surface area contributed by atoms with E-state index in [1.165, 1.54) is 18.0 Å². The number of amides is 1. The lowest BCUT2D eigenvalue weighted by Gasteiger charge is -2.18. The summed E-state index contributed by atoms with van der Waals surface area (Å²) in [7, 11) is 1.53. The zero-order valence-electron chi connectivity index (χ0n) is 10.8. The molecule has 2 N–H and O–H groups in total. The molecule has 0 aliphatic rings. The molecule has 0 fully saturated rings. The first-order chi connectivity index (χ1) is 9.50. The van der Waals surface area contributed by atoms with Gasteiger partial charge in [0.1, 0.15) is 10.8 Å². The predicted molar refractivity (Wildman–Crippen MR) is 81.5 cm³/mol. The van der Waals surface area contributed by atoms with E-state index in [0.717, 1.165) is 0 Å². The summed E-state index contributed by atoms with van der Waals surface area (Å²) in [5, 5.41) is 0. The van der Waals surface area contributed by atoms with Gasteiger partial charge in [-0.1, -0.05) is 36.5 Å². The highest BCUT2D eigenvalue weighted by atomic mass is 32.1. The Morgan fingerprint density at radius 2 is 1.65 bits per heavy atom. The van der Waals surface area contributed by atoms with Crippen molar-refractivity contribution >= 4 is 28.8 Å². The Hall–Kier alpha value is -2.27. The summed E-state index contributed by atoms with van der Waals surface area (Å²) < 4.78 is 13.7. The fourth-order valence-corrected chi connectivity index (χ4v) is 1.94. The second-order valence-corrected chi connectivity index (χ2v) is 4.70. The van der Waals surface area contributed by atoms with Crippen molar-refractivity contribution in [3.63, 3.8) is 0 Å². The van der Waals surface area contributed by atoms with Crippen molar-refractivity contribution in [2.24, 2.45) is 5.73 Å². The number of carbonyl (C=O) groups is 1. The van der Waals surface area contributed by atoms with E-state index in [9.17, 15) is 9.18 Å². The Morgan fingerprint density at radius 1 is 1.10 bits per heavy atom. The van der Waals surface area contributed by atoms with Gasteiger partial charge >= 0.3 is 0 Å². The molecule has 20 heavy (non-hydrogen) atoms. The SMILES string of the molecule is CN(C(=O)c1ccc(C(N)=S)cc1)c1ccccc1F. The van der Waals surface area contributed by atoms with Crippen molar-refractivity contribution < 1.29 is 9.18 Å². The first-order valence-corrected chi connectivity index (χ1v) is 6.34. The number of thiocarbonyl (C=S) groups is 1. The van der Waals surface area contributed by atoms with E-state index in [1.807, 2.05) is 0 Å². The van der Waals surface area contributed by atoms with E-state index in [2.05, 4.69) is 0 Å². The first kappa shape index (κ1) is 14.1. The molecule has 102 valence electrons. The van der Waals surface area contributed by atoms with Gasteiger partial charge in [0.25, 0.3) is 5.91 Å². The molecule has 0 atom stereocenters. The van der Waals surface area contributed by atoms with E-state index < -0.39 is 5.82 Å². The van der Waals surface area contributed by atoms with Crippen LogP contribution in [0, 0.1) is 5.82 Å². The van der Waals surface area contributed by atoms with Gasteiger partial charge in [0.05, 0.1) is 5.69 Å². The molecule has 5 heteroatoms. The van der Waals surface area contributed by atoms with Gasteiger partial charge in [0, 0.05) is 18.2 Å². The number of nitrogens with two attached hydrogens (primary N) is 1. The van der Waals surface area contributed by atoms with Crippen molar-refractivity contribution in [1.82, 2.24) is 0 Å². The lowest BCUT2D eigenvalue weighted by Crippen LogP contribution is -2.27. The summed E-state index contributed by atoms with van der Waals surface area (Å²) in [5.41, 5.74) is 6.86. The maximum atomic E-state index is 13.7. The number of anilines is 1. The lowest BCUT2D eigenvalue weighted by atomic mass is 10.1. The van der Waals surface area contributed by atoms with Crippen LogP contribution in [-0.2, 0) is 0 Å². The Balaban J connectivity index is 2.27. The zero-order valence-corrected chi connectivity index (χ0v) is 11.7. The highest BCUT2D eigenvalue weighted by Gasteiger charge is 2.16. The maximum absolute atomic E-state index is 13.7. The van der Waals surface area contributed by atoms with Crippen molar-refractivity contribution in [1.29, 1.82) is 0 Å². The lowest BCUT2D eigenvalue weighted by molar-refractivity contribution is 0.0992. The van der Waals surface area contributed by atoms with Crippen LogP contribution in [0.4, 0.5) is 10.1 Å². The highest BCUT2D eigenvalue weighted by Crippen LogP contribution is 2.19. The van der Waals surface area contributed by atoms with Crippen LogP contribution in [0.15, 0.2) is 48.5 Å². The second kappa shape index (κ2) is 5.79. The number of halogens is 1. The van der Waals surface area contributed by atoms with Gasteiger partial charge in [-0.25, -0.2) is 4.39 Å². The van der Waals surface area contributed by atoms with Crippen LogP contribution in [0.3, 0.4) is 0 Å². The van der Waals surface area contributed by atoms with Crippen LogP contribution in [-0.4, -0.2) is 17.9 Å². The fourth-order valence-electron chi connectivity index (χ4n) is 1.80. The van der Waals surface area contributed by atoms with E-state index in [0.29, 0.717) is 11.1 Å². The van der Waals surface area contributed by atoms with Gasteiger partial charge < -0.3 is 10.6 Å². The molecule has 3 nitrogen and oxygen atoms in total. The molecule has 2 rings (SSSR count). The molecule has 0 bridgehead atoms. The van der Waals surface area contributed by atoms with Gasteiger partial charge in [-0.15, -0.1) is 0 Å². The standard InChI is InChI=1S/C15H13FN2OS/c1-18(13-5-3-2-4-12(13)16)15(19)11-8-6-10(7-9-11)14(17)20/h2-9H,1H3,(H2,17,20). The molecule has 0 spiro atoms. The molecule has 0 radical (unpaired) electrons. The van der Waals surface area contributed by atoms with Crippen molar-refractivity contribution in [2.45, 2.75) is 0 Å². The minimum Gasteiger partial charge on any atom is -0.389 e. The van der Waals surface area contributed by atoms with Crippen LogP contribution in [0.25, 0.3) is 0 Å². The smallest absolute Gasteiger partial charge is 0.258 e. The number of nitrogens with zero attached hydrogens (tertiary/aromatic N) is 1. The Labute approximate surface area is 121 Å². The van der Waals surface area contributed by atoms with Gasteiger partial charge in [-0.3, -0.25) is 4.79 Å². The number of carbonyl (C=O) groups excluding carboxylic acids is 1. The molecule has 2 aromatic carbocycles. The number of benzene rings is 2. The van der Waals surface area contributed by atoms with Gasteiger partial charge in [-0.2, -0.15) is 0 Å². The third-order valence-electron chi connectivity index (χ3n) is 2.93. The van der Waals surface area contributed by atoms with Gasteiger partial charge in [0.2, 0.25) is 0 Å². The van der Waals surface area contributed by atoms with E-state index >= 15 is 0 Å². The van der Waals surface area contributed by atoms with Crippen molar-refractivity contribution in [2.75, 3.05) is 11.9 Å². The average Bonchev–Trinajstić information content (AvgIpc) is 2.46. The summed E-state index contributed by atoms with van der Waals surface area (Å²) in [5.74, 6) is -0.743. The summed E-state index contributed by atoms with van der Waals surface area (Å²) in [6.45, 7) is 0. The van der Waals surface area contributed by atoms with Crippen LogP contribution < -0.4 is 10.6 Å². The molecular weight excluding hydrogens is 275 g/mol. The third-order valence-corrected chi connectivity index (χ3v) is 3.17. The average molecular weight is 288 g/mol. The third kappa shape index (κ3) is 2.83. The quantitative estimate of drug-likeness (QED) is 0.883. The zero-order chi connectivity index (χ0) is 14.7. The molecule has 0 unspecified atom stereocenters. The van der Waals surface area contributed by atoms with Crippen LogP contribution in [0.2, 0.25) is 0 Å². The normalized spacial score (nSPS) is 10.1. The summed E-state index contributed by atoms with van der Waals surface area (Å²) in [4.78, 5) is 13.8. The number of hydrogen-bond acceptors (Lipinski definition) is 2. The van der Waals surface area contributed by atoms with Crippen molar-refractivity contribution in [3.8, 4) is 0 Å². The maximum Gasteiger partial charge on any atom is 0.258 e. The molecule has 0 saturated carbocycles. The Morgan fingerprint density at radius 3 is 2.20 bits per heavy atom. The largest absolute Gasteiger partial charge is 0.389 e. The number of para-hydroxylation sites is 1. The molecule has 0 aliphatic carbocycles. The Kier molecular flexibility index (Phi) is 4.10. The molecule has 2 aromatic rings. The van der Waals surface area contributed by atoms with E-state index in [-0.39, 0.29) is 16.6 Å². The van der Waals surface area contributed by atoms with Crippen molar-refractivity contribution in [3.05, 3.63) is 65.5 Å². The van der Waals surface area contributed by atoms with Gasteiger partial charge in [-0.05, 0) is 24.3 Å². The van der Waals surface area contributed by atoms with Gasteiger partial charge in [0.15, 0.2) is 0 Å². The summed E-state index contributed by atoms with van der Waals surface area (Å²) >= 11 is 4.85. The van der Waals surface area contributed by atoms with E-state index in [4.69, 9.17) is 18.0 Å². The summed E-state index contributed by atoms with van der Waals surface area (Å²) in [6, 6.07) is 12.7. The van der Waals surface area contributed by atoms with Crippen LogP contribution in [0.1, 0.15) is 15.9 Å². The second-order valence-electron chi connectivity index (χ2n) is 4.26. The van der Waals surface area contributed by atoms with Crippen LogP contribution in [0.5, 0.6) is 0 Å². The molecule has 0 heterocycles. The first-order valence-electron chi connectivity index (χ1n) is 5.93. The van der Waals surface area contributed by atoms with E-state index in [1.54, 1.807) is 42.5 Å². The Bertz CT molecular complexity index is 655.